The summed E-state index contributed by atoms with van der Waals surface area (Å²) >= 11 is 6.37. The van der Waals surface area contributed by atoms with Crippen molar-refractivity contribution >= 4 is 34.2 Å². The number of carbonyl (C=O) groups excluding carboxylic acids is 1. The van der Waals surface area contributed by atoms with E-state index in [1.54, 1.807) is 0 Å². The summed E-state index contributed by atoms with van der Waals surface area (Å²) in [6.07, 6.45) is 2.43. The number of halogens is 1. The highest BCUT2D eigenvalue weighted by molar-refractivity contribution is 6.30. The lowest BCUT2D eigenvalue weighted by Gasteiger charge is -2.47. The maximum atomic E-state index is 13.3. The summed E-state index contributed by atoms with van der Waals surface area (Å²) in [7, 11) is 0. The predicted molar refractivity (Wildman–Crippen MR) is 118 cm³/mol. The standard InChI is InChI=1S/C23H24ClN5O/c24-14-5-6-16-15(11-14)21(25-19-12-29-9-7-13(19)8-10-29)20(23(30)28-16)22-26-17-3-1-2-4-18(17)27-22/h1-6,11,13,19-21,25H,7-10,12H2,(H,26,27)(H,28,30)/t19-,20-,21+/m1/s1. The molecular formula is C23H24ClN5O. The molecule has 2 bridgehead atoms. The van der Waals surface area contributed by atoms with Crippen molar-refractivity contribution in [2.75, 3.05) is 25.0 Å². The number of anilines is 1. The zero-order valence-corrected chi connectivity index (χ0v) is 17.3. The third-order valence-corrected chi connectivity index (χ3v) is 7.21. The van der Waals surface area contributed by atoms with Crippen LogP contribution >= 0.6 is 11.6 Å². The van der Waals surface area contributed by atoms with E-state index in [1.165, 1.54) is 25.9 Å². The van der Waals surface area contributed by atoms with Crippen molar-refractivity contribution in [2.24, 2.45) is 5.92 Å². The van der Waals surface area contributed by atoms with Crippen molar-refractivity contribution in [1.82, 2.24) is 20.2 Å². The fourth-order valence-corrected chi connectivity index (χ4v) is 5.60. The first-order chi connectivity index (χ1) is 14.7. The number of rotatable bonds is 3. The van der Waals surface area contributed by atoms with E-state index in [0.29, 0.717) is 22.8 Å². The number of nitrogens with one attached hydrogen (secondary N) is 3. The van der Waals surface area contributed by atoms with Gasteiger partial charge in [0.1, 0.15) is 11.7 Å². The van der Waals surface area contributed by atoms with Gasteiger partial charge in [-0.05, 0) is 67.7 Å². The minimum absolute atomic E-state index is 0.0392. The van der Waals surface area contributed by atoms with E-state index in [9.17, 15) is 4.79 Å². The first-order valence-electron chi connectivity index (χ1n) is 10.7. The molecule has 0 aliphatic carbocycles. The van der Waals surface area contributed by atoms with Crippen LogP contribution in [0.15, 0.2) is 42.5 Å². The molecule has 0 spiro atoms. The van der Waals surface area contributed by atoms with Gasteiger partial charge in [-0.3, -0.25) is 4.79 Å². The minimum Gasteiger partial charge on any atom is -0.341 e. The Kier molecular flexibility index (Phi) is 4.33. The van der Waals surface area contributed by atoms with Crippen molar-refractivity contribution in [2.45, 2.75) is 30.8 Å². The highest BCUT2D eigenvalue weighted by atomic mass is 35.5. The summed E-state index contributed by atoms with van der Waals surface area (Å²) in [4.78, 5) is 24.0. The zero-order valence-electron chi connectivity index (χ0n) is 16.6. The number of benzene rings is 2. The molecule has 3 saturated heterocycles. The molecule has 3 N–H and O–H groups in total. The molecule has 3 fully saturated rings. The first-order valence-corrected chi connectivity index (χ1v) is 11.1. The van der Waals surface area contributed by atoms with Gasteiger partial charge in [-0.25, -0.2) is 4.98 Å². The highest BCUT2D eigenvalue weighted by Crippen LogP contribution is 2.42. The molecule has 6 nitrogen and oxygen atoms in total. The highest BCUT2D eigenvalue weighted by Gasteiger charge is 2.43. The number of piperidine rings is 3. The molecule has 3 aromatic rings. The molecule has 1 amide bonds. The fraction of sp³-hybridized carbons (Fsp3) is 0.391. The van der Waals surface area contributed by atoms with Crippen LogP contribution in [-0.2, 0) is 4.79 Å². The number of nitrogens with zero attached hydrogens (tertiary/aromatic N) is 2. The van der Waals surface area contributed by atoms with E-state index in [0.717, 1.165) is 28.8 Å². The molecule has 154 valence electrons. The fourth-order valence-electron chi connectivity index (χ4n) is 5.42. The van der Waals surface area contributed by atoms with Crippen LogP contribution < -0.4 is 10.6 Å². The minimum atomic E-state index is -0.446. The van der Waals surface area contributed by atoms with Crippen LogP contribution in [0.4, 0.5) is 5.69 Å². The number of amides is 1. The van der Waals surface area contributed by atoms with Gasteiger partial charge in [0.25, 0.3) is 0 Å². The number of hydrogen-bond acceptors (Lipinski definition) is 4. The molecule has 1 aromatic heterocycles. The molecule has 7 heteroatoms. The molecule has 0 unspecified atom stereocenters. The van der Waals surface area contributed by atoms with Gasteiger partial charge in [0.2, 0.25) is 5.91 Å². The van der Waals surface area contributed by atoms with Crippen LogP contribution in [0.3, 0.4) is 0 Å². The Bertz CT molecular complexity index is 1090. The van der Waals surface area contributed by atoms with Crippen LogP contribution in [-0.4, -0.2) is 46.5 Å². The van der Waals surface area contributed by atoms with Gasteiger partial charge >= 0.3 is 0 Å². The average molecular weight is 422 g/mol. The Morgan fingerprint density at radius 1 is 1.13 bits per heavy atom. The van der Waals surface area contributed by atoms with Crippen LogP contribution in [0.2, 0.25) is 5.02 Å². The number of aromatic amines is 1. The van der Waals surface area contributed by atoms with Crippen molar-refractivity contribution in [3.05, 3.63) is 58.9 Å². The van der Waals surface area contributed by atoms with E-state index in [1.807, 2.05) is 42.5 Å². The second-order valence-corrected chi connectivity index (χ2v) is 9.16. The van der Waals surface area contributed by atoms with Crippen molar-refractivity contribution in [3.8, 4) is 0 Å². The van der Waals surface area contributed by atoms with E-state index in [-0.39, 0.29) is 11.9 Å². The number of hydrogen-bond donors (Lipinski definition) is 3. The van der Waals surface area contributed by atoms with Crippen molar-refractivity contribution < 1.29 is 4.79 Å². The molecule has 3 atom stereocenters. The van der Waals surface area contributed by atoms with Gasteiger partial charge in [-0.1, -0.05) is 23.7 Å². The number of carbonyl (C=O) groups is 1. The maximum Gasteiger partial charge on any atom is 0.237 e. The number of fused-ring (bicyclic) bond motifs is 5. The van der Waals surface area contributed by atoms with E-state index in [4.69, 9.17) is 16.6 Å². The number of imidazole rings is 1. The summed E-state index contributed by atoms with van der Waals surface area (Å²) < 4.78 is 0. The topological polar surface area (TPSA) is 73.1 Å². The molecule has 30 heavy (non-hydrogen) atoms. The Morgan fingerprint density at radius 2 is 1.97 bits per heavy atom. The normalized spacial score (nSPS) is 30.3. The van der Waals surface area contributed by atoms with Gasteiger partial charge in [0, 0.05) is 23.3 Å². The van der Waals surface area contributed by atoms with Gasteiger partial charge in [-0.2, -0.15) is 0 Å². The predicted octanol–water partition coefficient (Wildman–Crippen LogP) is 3.68. The van der Waals surface area contributed by atoms with Crippen LogP contribution in [0.1, 0.15) is 36.2 Å². The van der Waals surface area contributed by atoms with Crippen molar-refractivity contribution in [3.63, 3.8) is 0 Å². The third-order valence-electron chi connectivity index (χ3n) is 6.97. The summed E-state index contributed by atoms with van der Waals surface area (Å²) in [5.74, 6) is 0.860. The lowest BCUT2D eigenvalue weighted by molar-refractivity contribution is -0.119. The lowest BCUT2D eigenvalue weighted by atomic mass is 9.81. The molecule has 4 aliphatic rings. The second kappa shape index (κ2) is 7.08. The third kappa shape index (κ3) is 3.02. The van der Waals surface area contributed by atoms with Crippen LogP contribution in [0, 0.1) is 5.92 Å². The zero-order chi connectivity index (χ0) is 20.2. The van der Waals surface area contributed by atoms with E-state index in [2.05, 4.69) is 20.5 Å². The number of H-pyrrole nitrogens is 1. The van der Waals surface area contributed by atoms with Gasteiger partial charge in [-0.15, -0.1) is 0 Å². The smallest absolute Gasteiger partial charge is 0.237 e. The molecular weight excluding hydrogens is 398 g/mol. The molecule has 7 rings (SSSR count). The SMILES string of the molecule is O=C1Nc2ccc(Cl)cc2[C@H](N[C@@H]2CN3CCC2CC3)[C@@H]1c1nc2ccccc2[nH]1. The average Bonchev–Trinajstić information content (AvgIpc) is 3.19. The molecule has 2 aromatic carbocycles. The summed E-state index contributed by atoms with van der Waals surface area (Å²) in [5.41, 5.74) is 3.68. The Balaban J connectivity index is 1.43. The van der Waals surface area contributed by atoms with Crippen LogP contribution in [0.25, 0.3) is 11.0 Å². The quantitative estimate of drug-likeness (QED) is 0.603. The van der Waals surface area contributed by atoms with Crippen LogP contribution in [0.5, 0.6) is 0 Å². The summed E-state index contributed by atoms with van der Waals surface area (Å²) in [6.45, 7) is 3.40. The Labute approximate surface area is 180 Å². The monoisotopic (exact) mass is 421 g/mol. The molecule has 5 heterocycles. The van der Waals surface area contributed by atoms with Gasteiger partial charge in [0.05, 0.1) is 17.1 Å². The number of para-hydroxylation sites is 2. The van der Waals surface area contributed by atoms with E-state index < -0.39 is 5.92 Å². The second-order valence-electron chi connectivity index (χ2n) is 8.73. The van der Waals surface area contributed by atoms with Gasteiger partial charge < -0.3 is 20.5 Å². The summed E-state index contributed by atoms with van der Waals surface area (Å²) in [5, 5.41) is 7.62. The molecule has 0 saturated carbocycles. The number of aromatic nitrogens is 2. The Morgan fingerprint density at radius 3 is 2.73 bits per heavy atom. The molecule has 4 aliphatic heterocycles. The lowest BCUT2D eigenvalue weighted by Crippen LogP contribution is -2.58. The maximum absolute atomic E-state index is 13.3. The summed E-state index contributed by atoms with van der Waals surface area (Å²) in [6, 6.07) is 13.8. The van der Waals surface area contributed by atoms with E-state index >= 15 is 0 Å². The van der Waals surface area contributed by atoms with Crippen molar-refractivity contribution in [1.29, 1.82) is 0 Å². The Hall–Kier alpha value is -2.41. The molecule has 0 radical (unpaired) electrons. The van der Waals surface area contributed by atoms with Gasteiger partial charge in [0.15, 0.2) is 0 Å². The largest absolute Gasteiger partial charge is 0.341 e. The first kappa shape index (κ1) is 18.4.